The third-order valence-corrected chi connectivity index (χ3v) is 5.55. The molecular formula is C17H19NO4S. The molecule has 5 nitrogen and oxygen atoms in total. The highest BCUT2D eigenvalue weighted by atomic mass is 32.2. The van der Waals surface area contributed by atoms with Gasteiger partial charge in [-0.1, -0.05) is 23.8 Å². The van der Waals surface area contributed by atoms with Crippen molar-refractivity contribution in [3.05, 3.63) is 53.1 Å². The van der Waals surface area contributed by atoms with E-state index >= 15 is 0 Å². The van der Waals surface area contributed by atoms with Crippen molar-refractivity contribution in [1.82, 2.24) is 4.72 Å². The molecule has 0 radical (unpaired) electrons. The van der Waals surface area contributed by atoms with Crippen molar-refractivity contribution in [3.8, 4) is 11.5 Å². The predicted octanol–water partition coefficient (Wildman–Crippen LogP) is 3.07. The van der Waals surface area contributed by atoms with E-state index in [-0.39, 0.29) is 12.8 Å². The molecule has 23 heavy (non-hydrogen) atoms. The highest BCUT2D eigenvalue weighted by Crippen LogP contribution is 2.34. The third-order valence-electron chi connectivity index (χ3n) is 3.85. The van der Waals surface area contributed by atoms with Gasteiger partial charge in [0.05, 0.1) is 4.90 Å². The summed E-state index contributed by atoms with van der Waals surface area (Å²) in [7, 11) is -3.59. The number of rotatable bonds is 4. The Labute approximate surface area is 136 Å². The number of nitrogens with one attached hydrogen (secondary N) is 1. The average molecular weight is 333 g/mol. The molecule has 1 aliphatic rings. The van der Waals surface area contributed by atoms with E-state index in [1.54, 1.807) is 38.1 Å². The summed E-state index contributed by atoms with van der Waals surface area (Å²) < 4.78 is 38.6. The standard InChI is InChI=1S/C17H19NO4S/c1-11-4-7-17(12(2)8-11)23(19,20)18-13(3)14-5-6-15-16(9-14)22-10-21-15/h4-9,13,18H,10H2,1-3H3/t13-/m0/s1. The molecule has 0 spiro atoms. The van der Waals surface area contributed by atoms with Gasteiger partial charge < -0.3 is 9.47 Å². The number of sulfonamides is 1. The molecule has 6 heteroatoms. The van der Waals surface area contributed by atoms with Crippen LogP contribution < -0.4 is 14.2 Å². The normalized spacial score (nSPS) is 14.7. The summed E-state index contributed by atoms with van der Waals surface area (Å²) in [6, 6.07) is 10.3. The topological polar surface area (TPSA) is 64.6 Å². The number of hydrogen-bond acceptors (Lipinski definition) is 4. The van der Waals surface area contributed by atoms with E-state index < -0.39 is 10.0 Å². The molecule has 3 rings (SSSR count). The van der Waals surface area contributed by atoms with Crippen molar-refractivity contribution in [3.63, 3.8) is 0 Å². The average Bonchev–Trinajstić information content (AvgIpc) is 2.93. The Bertz CT molecular complexity index is 846. The van der Waals surface area contributed by atoms with E-state index in [0.29, 0.717) is 16.4 Å². The summed E-state index contributed by atoms with van der Waals surface area (Å²) in [4.78, 5) is 0.302. The molecule has 0 aromatic heterocycles. The third kappa shape index (κ3) is 3.18. The van der Waals surface area contributed by atoms with Crippen LogP contribution in [0.15, 0.2) is 41.3 Å². The minimum atomic E-state index is -3.59. The molecule has 122 valence electrons. The van der Waals surface area contributed by atoms with Crippen LogP contribution in [0.5, 0.6) is 11.5 Å². The van der Waals surface area contributed by atoms with Crippen molar-refractivity contribution >= 4 is 10.0 Å². The molecule has 0 bridgehead atoms. The van der Waals surface area contributed by atoms with Gasteiger partial charge in [-0.25, -0.2) is 13.1 Å². The number of ether oxygens (including phenoxy) is 2. The molecule has 0 aliphatic carbocycles. The van der Waals surface area contributed by atoms with E-state index in [1.807, 2.05) is 19.1 Å². The lowest BCUT2D eigenvalue weighted by Gasteiger charge is -2.16. The second-order valence-electron chi connectivity index (χ2n) is 5.72. The van der Waals surface area contributed by atoms with Gasteiger partial charge in [0.25, 0.3) is 0 Å². The fourth-order valence-electron chi connectivity index (χ4n) is 2.65. The number of hydrogen-bond donors (Lipinski definition) is 1. The smallest absolute Gasteiger partial charge is 0.241 e. The van der Waals surface area contributed by atoms with Crippen LogP contribution in [-0.4, -0.2) is 15.2 Å². The molecule has 2 aromatic carbocycles. The zero-order valence-electron chi connectivity index (χ0n) is 13.3. The van der Waals surface area contributed by atoms with Crippen LogP contribution >= 0.6 is 0 Å². The highest BCUT2D eigenvalue weighted by molar-refractivity contribution is 7.89. The van der Waals surface area contributed by atoms with Gasteiger partial charge in [0, 0.05) is 6.04 Å². The summed E-state index contributed by atoms with van der Waals surface area (Å²) in [5.74, 6) is 1.32. The van der Waals surface area contributed by atoms with Crippen LogP contribution in [0, 0.1) is 13.8 Å². The van der Waals surface area contributed by atoms with Gasteiger partial charge in [-0.2, -0.15) is 0 Å². The Morgan fingerprint density at radius 3 is 2.52 bits per heavy atom. The Morgan fingerprint density at radius 1 is 1.04 bits per heavy atom. The van der Waals surface area contributed by atoms with E-state index in [2.05, 4.69) is 4.72 Å². The summed E-state index contributed by atoms with van der Waals surface area (Å²) in [5.41, 5.74) is 2.59. The van der Waals surface area contributed by atoms with Crippen LogP contribution in [0.4, 0.5) is 0 Å². The van der Waals surface area contributed by atoms with Crippen LogP contribution in [0.1, 0.15) is 29.7 Å². The first kappa shape index (κ1) is 15.8. The number of fused-ring (bicyclic) bond motifs is 1. The first-order chi connectivity index (χ1) is 10.9. The van der Waals surface area contributed by atoms with Gasteiger partial charge in [-0.3, -0.25) is 0 Å². The van der Waals surface area contributed by atoms with Crippen molar-refractivity contribution in [2.45, 2.75) is 31.7 Å². The van der Waals surface area contributed by atoms with Gasteiger partial charge in [0.2, 0.25) is 16.8 Å². The molecular weight excluding hydrogens is 314 g/mol. The minimum absolute atomic E-state index is 0.196. The van der Waals surface area contributed by atoms with Gasteiger partial charge in [0.15, 0.2) is 11.5 Å². The van der Waals surface area contributed by atoms with Crippen molar-refractivity contribution in [2.75, 3.05) is 6.79 Å². The molecule has 0 saturated heterocycles. The maximum atomic E-state index is 12.6. The summed E-state index contributed by atoms with van der Waals surface area (Å²) >= 11 is 0. The van der Waals surface area contributed by atoms with Crippen LogP contribution in [0.3, 0.4) is 0 Å². The Kier molecular flexibility index (Phi) is 4.04. The monoisotopic (exact) mass is 333 g/mol. The highest BCUT2D eigenvalue weighted by Gasteiger charge is 2.22. The Morgan fingerprint density at radius 2 is 1.78 bits per heavy atom. The minimum Gasteiger partial charge on any atom is -0.454 e. The van der Waals surface area contributed by atoms with E-state index in [4.69, 9.17) is 9.47 Å². The van der Waals surface area contributed by atoms with Crippen LogP contribution in [0.25, 0.3) is 0 Å². The van der Waals surface area contributed by atoms with Crippen molar-refractivity contribution < 1.29 is 17.9 Å². The quantitative estimate of drug-likeness (QED) is 0.934. The molecule has 0 saturated carbocycles. The summed E-state index contributed by atoms with van der Waals surface area (Å²) in [6.45, 7) is 5.74. The van der Waals surface area contributed by atoms with Crippen molar-refractivity contribution in [2.24, 2.45) is 0 Å². The van der Waals surface area contributed by atoms with Crippen LogP contribution in [-0.2, 0) is 10.0 Å². The summed E-state index contributed by atoms with van der Waals surface area (Å²) in [6.07, 6.45) is 0. The van der Waals surface area contributed by atoms with Gasteiger partial charge >= 0.3 is 0 Å². The van der Waals surface area contributed by atoms with Gasteiger partial charge in [-0.15, -0.1) is 0 Å². The molecule has 0 fully saturated rings. The SMILES string of the molecule is Cc1ccc(S(=O)(=O)N[C@@H](C)c2ccc3c(c2)OCO3)c(C)c1. The molecule has 1 N–H and O–H groups in total. The van der Waals surface area contributed by atoms with E-state index in [1.165, 1.54) is 0 Å². The van der Waals surface area contributed by atoms with Crippen molar-refractivity contribution in [1.29, 1.82) is 0 Å². The number of benzene rings is 2. The molecule has 1 atom stereocenters. The molecule has 0 amide bonds. The second kappa shape index (κ2) is 5.86. The zero-order valence-corrected chi connectivity index (χ0v) is 14.1. The Hall–Kier alpha value is -2.05. The maximum Gasteiger partial charge on any atom is 0.241 e. The van der Waals surface area contributed by atoms with E-state index in [9.17, 15) is 8.42 Å². The predicted molar refractivity (Wildman–Crippen MR) is 87.2 cm³/mol. The molecule has 1 aliphatic heterocycles. The van der Waals surface area contributed by atoms with Gasteiger partial charge in [0.1, 0.15) is 0 Å². The molecule has 1 heterocycles. The fraction of sp³-hybridized carbons (Fsp3) is 0.294. The Balaban J connectivity index is 1.85. The van der Waals surface area contributed by atoms with Crippen LogP contribution in [0.2, 0.25) is 0 Å². The summed E-state index contributed by atoms with van der Waals surface area (Å²) in [5, 5.41) is 0. The first-order valence-corrected chi connectivity index (χ1v) is 8.84. The fourth-order valence-corrected chi connectivity index (χ4v) is 4.11. The van der Waals surface area contributed by atoms with E-state index in [0.717, 1.165) is 16.7 Å². The molecule has 0 unspecified atom stereocenters. The molecule has 2 aromatic rings. The first-order valence-electron chi connectivity index (χ1n) is 7.36. The maximum absolute atomic E-state index is 12.6. The lowest BCUT2D eigenvalue weighted by molar-refractivity contribution is 0.174. The van der Waals surface area contributed by atoms with Gasteiger partial charge in [-0.05, 0) is 50.1 Å². The lowest BCUT2D eigenvalue weighted by Crippen LogP contribution is -2.27. The lowest BCUT2D eigenvalue weighted by atomic mass is 10.1. The second-order valence-corrected chi connectivity index (χ2v) is 7.41. The number of aryl methyl sites for hydroxylation is 2. The largest absolute Gasteiger partial charge is 0.454 e. The zero-order chi connectivity index (χ0) is 16.6.